The van der Waals surface area contributed by atoms with Gasteiger partial charge >= 0.3 is 12.2 Å². The van der Waals surface area contributed by atoms with Gasteiger partial charge in [-0.25, -0.2) is 9.59 Å². The van der Waals surface area contributed by atoms with Crippen molar-refractivity contribution in [1.82, 2.24) is 21.3 Å². The lowest BCUT2D eigenvalue weighted by molar-refractivity contribution is 0.0515. The van der Waals surface area contributed by atoms with E-state index in [1.54, 1.807) is 0 Å². The lowest BCUT2D eigenvalue weighted by Crippen LogP contribution is -2.33. The number of amides is 4. The van der Waals surface area contributed by atoms with Crippen molar-refractivity contribution in [3.63, 3.8) is 0 Å². The molecule has 0 aliphatic heterocycles. The van der Waals surface area contributed by atoms with Crippen LogP contribution >= 0.6 is 0 Å². The fraction of sp³-hybridized carbons (Fsp3) is 0.551. The minimum Gasteiger partial charge on any atom is -0.444 e. The number of aliphatic hydroxyl groups excluding tert-OH is 1. The molecule has 3 rings (SSSR count). The molecule has 4 amide bonds. The number of ether oxygens (including phenoxy) is 2. The molecule has 0 bridgehead atoms. The van der Waals surface area contributed by atoms with E-state index in [9.17, 15) is 24.3 Å². The summed E-state index contributed by atoms with van der Waals surface area (Å²) in [6.07, 6.45) is 8.01. The molecule has 0 radical (unpaired) electrons. The normalized spacial score (nSPS) is 11.5. The summed E-state index contributed by atoms with van der Waals surface area (Å²) in [5.74, 6) is -0.267. The monoisotopic (exact) mass is 859 g/mol. The molecule has 3 aromatic rings. The summed E-state index contributed by atoms with van der Waals surface area (Å²) >= 11 is 0. The maximum absolute atomic E-state index is 13.3. The number of aliphatic hydroxyl groups is 1. The fourth-order valence-corrected chi connectivity index (χ4v) is 6.98. The molecule has 0 saturated heterocycles. The third kappa shape index (κ3) is 21.2. The second kappa shape index (κ2) is 26.5. The minimum absolute atomic E-state index is 0.0753. The summed E-state index contributed by atoms with van der Waals surface area (Å²) in [4.78, 5) is 50.7. The Labute approximate surface area is 369 Å². The second-order valence-corrected chi connectivity index (χ2v) is 18.0. The Morgan fingerprint density at radius 3 is 1.02 bits per heavy atom. The Bertz CT molecular complexity index is 1760. The number of nitrogens with two attached hydrogens (primary N) is 2. The van der Waals surface area contributed by atoms with Crippen LogP contribution in [0.4, 0.5) is 9.59 Å². The van der Waals surface area contributed by atoms with E-state index < -0.39 is 23.4 Å². The van der Waals surface area contributed by atoms with E-state index >= 15 is 0 Å². The third-order valence-electron chi connectivity index (χ3n) is 9.74. The highest BCUT2D eigenvalue weighted by Gasteiger charge is 2.17. The van der Waals surface area contributed by atoms with Gasteiger partial charge in [0.05, 0.1) is 6.61 Å². The zero-order chi connectivity index (χ0) is 45.5. The maximum atomic E-state index is 13.3. The van der Waals surface area contributed by atoms with E-state index in [1.807, 2.05) is 77.9 Å². The topological polar surface area (TPSA) is 207 Å². The van der Waals surface area contributed by atoms with Crippen LogP contribution in [0.5, 0.6) is 0 Å². The van der Waals surface area contributed by atoms with Crippen LogP contribution < -0.4 is 32.7 Å². The van der Waals surface area contributed by atoms with E-state index in [1.165, 1.54) is 0 Å². The molecule has 0 atom stereocenters. The highest BCUT2D eigenvalue weighted by Crippen LogP contribution is 2.18. The van der Waals surface area contributed by atoms with Crippen LogP contribution in [-0.2, 0) is 54.6 Å². The molecule has 0 aliphatic rings. The number of carbonyl (C=O) groups excluding carboxylic acids is 4. The van der Waals surface area contributed by atoms with Gasteiger partial charge in [0.25, 0.3) is 11.8 Å². The molecule has 62 heavy (non-hydrogen) atoms. The Balaban J connectivity index is 1.51. The molecule has 0 heterocycles. The van der Waals surface area contributed by atoms with Gasteiger partial charge in [0, 0.05) is 37.3 Å². The molecule has 0 saturated carbocycles. The first-order valence-corrected chi connectivity index (χ1v) is 22.4. The van der Waals surface area contributed by atoms with Crippen LogP contribution in [0.2, 0.25) is 0 Å². The number of hydrogen-bond acceptors (Lipinski definition) is 9. The zero-order valence-electron chi connectivity index (χ0n) is 38.2. The van der Waals surface area contributed by atoms with Crippen molar-refractivity contribution >= 4 is 24.0 Å². The number of hydrogen-bond donors (Lipinski definition) is 7. The summed E-state index contributed by atoms with van der Waals surface area (Å²) < 4.78 is 10.6. The molecule has 9 N–H and O–H groups in total. The van der Waals surface area contributed by atoms with Gasteiger partial charge in [0.2, 0.25) is 0 Å². The van der Waals surface area contributed by atoms with Gasteiger partial charge in [-0.15, -0.1) is 0 Å². The molecular formula is C49H74N6O7. The van der Waals surface area contributed by atoms with Gasteiger partial charge in [-0.3, -0.25) is 9.59 Å². The number of carbonyl (C=O) groups is 4. The van der Waals surface area contributed by atoms with E-state index in [2.05, 4.69) is 39.5 Å². The number of rotatable bonds is 25. The van der Waals surface area contributed by atoms with E-state index in [0.717, 1.165) is 90.3 Å². The quantitative estimate of drug-likeness (QED) is 0.0458. The largest absolute Gasteiger partial charge is 0.444 e. The summed E-state index contributed by atoms with van der Waals surface area (Å²) in [7, 11) is 0. The van der Waals surface area contributed by atoms with Crippen LogP contribution in [-0.4, -0.2) is 79.6 Å². The van der Waals surface area contributed by atoms with E-state index in [0.29, 0.717) is 76.1 Å². The van der Waals surface area contributed by atoms with Crippen LogP contribution in [0.15, 0.2) is 54.6 Å². The standard InChI is InChI=1S/C49H74N6O7/c1-48(2,3)61-46(59)54-23-11-17-39-26-37(13-7-19-50)30-42(32-39)44(57)52-21-9-15-35-25-36(29-41(28-35)34-56)16-10-22-53-45(58)43-31-38(14-8-20-51)27-40(33-43)18-12-24-55-47(60)62-49(4,5)6/h25-33,56H,7-24,34,50-51H2,1-6H3,(H,52,57)(H,53,58)(H,54,59)(H,55,60). The molecule has 0 spiro atoms. The van der Waals surface area contributed by atoms with Gasteiger partial charge in [-0.1, -0.05) is 30.3 Å². The highest BCUT2D eigenvalue weighted by atomic mass is 16.6. The van der Waals surface area contributed by atoms with Gasteiger partial charge in [-0.2, -0.15) is 0 Å². The first kappa shape index (κ1) is 51.4. The average Bonchev–Trinajstić information content (AvgIpc) is 3.21. The Morgan fingerprint density at radius 2 is 0.726 bits per heavy atom. The second-order valence-electron chi connectivity index (χ2n) is 18.0. The van der Waals surface area contributed by atoms with E-state index in [-0.39, 0.29) is 18.4 Å². The summed E-state index contributed by atoms with van der Waals surface area (Å²) in [6.45, 7) is 13.9. The molecule has 342 valence electrons. The van der Waals surface area contributed by atoms with Crippen molar-refractivity contribution in [3.05, 3.63) is 105 Å². The molecule has 3 aromatic carbocycles. The molecular weight excluding hydrogens is 785 g/mol. The van der Waals surface area contributed by atoms with Gasteiger partial charge in [0.1, 0.15) is 11.2 Å². The average molecular weight is 859 g/mol. The number of alkyl carbamates (subject to hydrolysis) is 2. The first-order valence-electron chi connectivity index (χ1n) is 22.4. The van der Waals surface area contributed by atoms with Crippen LogP contribution in [0.3, 0.4) is 0 Å². The van der Waals surface area contributed by atoms with Crippen LogP contribution in [0, 0.1) is 0 Å². The molecule has 13 heteroatoms. The smallest absolute Gasteiger partial charge is 0.407 e. The lowest BCUT2D eigenvalue weighted by Gasteiger charge is -2.19. The Morgan fingerprint density at radius 1 is 0.452 bits per heavy atom. The lowest BCUT2D eigenvalue weighted by atomic mass is 9.98. The molecule has 0 fully saturated rings. The number of benzene rings is 3. The zero-order valence-corrected chi connectivity index (χ0v) is 38.2. The van der Waals surface area contributed by atoms with Gasteiger partial charge in [-0.05, 0) is 195 Å². The number of nitrogens with one attached hydrogen (secondary N) is 4. The SMILES string of the molecule is CC(C)(C)OC(=O)NCCCc1cc(CCCN)cc(C(=O)NCCCc2cc(CO)cc(CCCNC(=O)c3cc(CCCN)cc(CCCNC(=O)OC(C)(C)C)c3)c2)c1. The highest BCUT2D eigenvalue weighted by molar-refractivity contribution is 5.95. The van der Waals surface area contributed by atoms with Crippen molar-refractivity contribution in [3.8, 4) is 0 Å². The summed E-state index contributed by atoms with van der Waals surface area (Å²) in [5, 5.41) is 21.8. The van der Waals surface area contributed by atoms with Crippen molar-refractivity contribution < 1.29 is 33.8 Å². The van der Waals surface area contributed by atoms with Crippen molar-refractivity contribution in [2.45, 2.75) is 136 Å². The predicted molar refractivity (Wildman–Crippen MR) is 246 cm³/mol. The van der Waals surface area contributed by atoms with Crippen molar-refractivity contribution in [2.24, 2.45) is 11.5 Å². The van der Waals surface area contributed by atoms with E-state index in [4.69, 9.17) is 20.9 Å². The van der Waals surface area contributed by atoms with Crippen molar-refractivity contribution in [1.29, 1.82) is 0 Å². The number of aryl methyl sites for hydroxylation is 6. The Hall–Kier alpha value is -4.98. The van der Waals surface area contributed by atoms with Crippen LogP contribution in [0.25, 0.3) is 0 Å². The molecule has 0 unspecified atom stereocenters. The van der Waals surface area contributed by atoms with Crippen LogP contribution in [0.1, 0.15) is 140 Å². The summed E-state index contributed by atoms with van der Waals surface area (Å²) in [5.41, 5.74) is 18.8. The predicted octanol–water partition coefficient (Wildman–Crippen LogP) is 6.60. The van der Waals surface area contributed by atoms with Crippen molar-refractivity contribution in [2.75, 3.05) is 39.3 Å². The minimum atomic E-state index is -0.557. The first-order chi connectivity index (χ1) is 29.5. The molecule has 0 aromatic heterocycles. The van der Waals surface area contributed by atoms with Gasteiger partial charge < -0.3 is 47.3 Å². The fourth-order valence-electron chi connectivity index (χ4n) is 6.98. The molecule has 13 nitrogen and oxygen atoms in total. The van der Waals surface area contributed by atoms with Gasteiger partial charge in [0.15, 0.2) is 0 Å². The maximum Gasteiger partial charge on any atom is 0.407 e. The Kier molecular flexibility index (Phi) is 21.9. The third-order valence-corrected chi connectivity index (χ3v) is 9.74. The molecule has 0 aliphatic carbocycles. The summed E-state index contributed by atoms with van der Waals surface area (Å²) in [6, 6.07) is 18.1.